The molecule has 1 amide bonds. The third-order valence-corrected chi connectivity index (χ3v) is 3.11. The molecule has 1 unspecified atom stereocenters. The Kier molecular flexibility index (Phi) is 6.30. The first-order chi connectivity index (χ1) is 10.6. The fourth-order valence-corrected chi connectivity index (χ4v) is 1.95. The lowest BCUT2D eigenvalue weighted by Crippen LogP contribution is -2.47. The number of ketones is 1. The first-order valence-electron chi connectivity index (χ1n) is 7.40. The number of carboxylic acids is 1. The molecular weight excluding hydrogens is 298 g/mol. The van der Waals surface area contributed by atoms with Gasteiger partial charge in [-0.2, -0.15) is 0 Å². The number of rotatable bonds is 6. The summed E-state index contributed by atoms with van der Waals surface area (Å²) < 4.78 is 5.15. The van der Waals surface area contributed by atoms with Gasteiger partial charge in [0.05, 0.1) is 6.04 Å². The third-order valence-electron chi connectivity index (χ3n) is 3.11. The van der Waals surface area contributed by atoms with Crippen molar-refractivity contribution >= 4 is 17.8 Å². The molecule has 0 fully saturated rings. The molecule has 0 aliphatic rings. The van der Waals surface area contributed by atoms with Crippen LogP contribution in [0.15, 0.2) is 30.3 Å². The number of carbonyl (C=O) groups is 3. The summed E-state index contributed by atoms with van der Waals surface area (Å²) in [4.78, 5) is 35.3. The summed E-state index contributed by atoms with van der Waals surface area (Å²) >= 11 is 0. The average molecular weight is 321 g/mol. The number of ether oxygens (including phenoxy) is 1. The number of amides is 1. The summed E-state index contributed by atoms with van der Waals surface area (Å²) in [6.45, 7) is 6.43. The van der Waals surface area contributed by atoms with Crippen molar-refractivity contribution in [1.82, 2.24) is 5.32 Å². The van der Waals surface area contributed by atoms with E-state index in [1.807, 2.05) is 30.3 Å². The SMILES string of the molecule is CC(C(=O)O)C(=O)[C@H](Cc1ccccc1)NC(=O)OC(C)(C)C. The van der Waals surface area contributed by atoms with Crippen LogP contribution in [0.1, 0.15) is 33.3 Å². The zero-order valence-electron chi connectivity index (χ0n) is 13.8. The molecule has 0 heterocycles. The highest BCUT2D eigenvalue weighted by molar-refractivity contribution is 6.01. The van der Waals surface area contributed by atoms with Crippen molar-refractivity contribution < 1.29 is 24.2 Å². The van der Waals surface area contributed by atoms with Crippen molar-refractivity contribution in [1.29, 1.82) is 0 Å². The molecule has 0 saturated heterocycles. The molecule has 1 aromatic rings. The monoisotopic (exact) mass is 321 g/mol. The molecule has 0 saturated carbocycles. The van der Waals surface area contributed by atoms with Gasteiger partial charge in [0, 0.05) is 0 Å². The highest BCUT2D eigenvalue weighted by atomic mass is 16.6. The van der Waals surface area contributed by atoms with Crippen molar-refractivity contribution in [3.8, 4) is 0 Å². The molecule has 0 radical (unpaired) electrons. The second kappa shape index (κ2) is 7.76. The molecule has 6 nitrogen and oxygen atoms in total. The summed E-state index contributed by atoms with van der Waals surface area (Å²) in [6, 6.07) is 8.11. The van der Waals surface area contributed by atoms with Gasteiger partial charge in [-0.3, -0.25) is 9.59 Å². The summed E-state index contributed by atoms with van der Waals surface area (Å²) in [5.74, 6) is -3.00. The van der Waals surface area contributed by atoms with Gasteiger partial charge in [0.25, 0.3) is 0 Å². The lowest BCUT2D eigenvalue weighted by Gasteiger charge is -2.24. The summed E-state index contributed by atoms with van der Waals surface area (Å²) in [6.07, 6.45) is -0.541. The van der Waals surface area contributed by atoms with Gasteiger partial charge in [-0.25, -0.2) is 4.79 Å². The van der Waals surface area contributed by atoms with Gasteiger partial charge in [0.15, 0.2) is 5.78 Å². The second-order valence-corrected chi connectivity index (χ2v) is 6.35. The molecule has 6 heteroatoms. The maximum atomic E-state index is 12.3. The van der Waals surface area contributed by atoms with Gasteiger partial charge in [-0.05, 0) is 39.7 Å². The normalized spacial score (nSPS) is 13.7. The number of Topliss-reactive ketones (excluding diaryl/α,β-unsaturated/α-hetero) is 1. The van der Waals surface area contributed by atoms with Gasteiger partial charge >= 0.3 is 12.1 Å². The van der Waals surface area contributed by atoms with Crippen molar-refractivity contribution in [2.45, 2.75) is 45.8 Å². The van der Waals surface area contributed by atoms with E-state index in [2.05, 4.69) is 5.32 Å². The van der Waals surface area contributed by atoms with E-state index in [9.17, 15) is 14.4 Å². The Labute approximate surface area is 135 Å². The third kappa shape index (κ3) is 6.50. The average Bonchev–Trinajstić information content (AvgIpc) is 2.44. The zero-order valence-corrected chi connectivity index (χ0v) is 13.8. The van der Waals surface area contributed by atoms with Crippen LogP contribution in [0.5, 0.6) is 0 Å². The minimum Gasteiger partial charge on any atom is -0.481 e. The van der Waals surface area contributed by atoms with Gasteiger partial charge in [0.2, 0.25) is 0 Å². The van der Waals surface area contributed by atoms with E-state index in [0.717, 1.165) is 5.56 Å². The van der Waals surface area contributed by atoms with Gasteiger partial charge in [-0.15, -0.1) is 0 Å². The van der Waals surface area contributed by atoms with Crippen LogP contribution in [0, 0.1) is 5.92 Å². The van der Waals surface area contributed by atoms with Crippen molar-refractivity contribution in [3.63, 3.8) is 0 Å². The number of carboxylic acid groups (broad SMARTS) is 1. The minimum absolute atomic E-state index is 0.205. The Morgan fingerprint density at radius 2 is 1.74 bits per heavy atom. The predicted molar refractivity (Wildman–Crippen MR) is 85.1 cm³/mol. The van der Waals surface area contributed by atoms with Crippen LogP contribution >= 0.6 is 0 Å². The van der Waals surface area contributed by atoms with Crippen LogP contribution in [0.2, 0.25) is 0 Å². The lowest BCUT2D eigenvalue weighted by atomic mass is 9.95. The van der Waals surface area contributed by atoms with E-state index in [4.69, 9.17) is 9.84 Å². The van der Waals surface area contributed by atoms with Crippen molar-refractivity contribution in [3.05, 3.63) is 35.9 Å². The second-order valence-electron chi connectivity index (χ2n) is 6.35. The highest BCUT2D eigenvalue weighted by Gasteiger charge is 2.31. The Morgan fingerprint density at radius 1 is 1.17 bits per heavy atom. The number of alkyl carbamates (subject to hydrolysis) is 1. The van der Waals surface area contributed by atoms with E-state index in [-0.39, 0.29) is 6.42 Å². The molecular formula is C17H23NO5. The smallest absolute Gasteiger partial charge is 0.408 e. The molecule has 2 atom stereocenters. The largest absolute Gasteiger partial charge is 0.481 e. The first-order valence-corrected chi connectivity index (χ1v) is 7.40. The summed E-state index contributed by atoms with van der Waals surface area (Å²) in [7, 11) is 0. The first kappa shape index (κ1) is 18.7. The Bertz CT molecular complexity index is 562. The molecule has 0 bridgehead atoms. The molecule has 126 valence electrons. The minimum atomic E-state index is -1.22. The number of hydrogen-bond donors (Lipinski definition) is 2. The van der Waals surface area contributed by atoms with E-state index in [1.165, 1.54) is 6.92 Å². The molecule has 23 heavy (non-hydrogen) atoms. The Balaban J connectivity index is 2.90. The summed E-state index contributed by atoms with van der Waals surface area (Å²) in [5, 5.41) is 11.5. The van der Waals surface area contributed by atoms with Crippen LogP contribution in [-0.2, 0) is 20.7 Å². The molecule has 1 aromatic carbocycles. The molecule has 0 aliphatic carbocycles. The molecule has 0 spiro atoms. The molecule has 2 N–H and O–H groups in total. The number of hydrogen-bond acceptors (Lipinski definition) is 4. The van der Waals surface area contributed by atoms with Crippen LogP contribution in [0.3, 0.4) is 0 Å². The molecule has 0 aromatic heterocycles. The van der Waals surface area contributed by atoms with Crippen LogP contribution in [0.4, 0.5) is 4.79 Å². The predicted octanol–water partition coefficient (Wildman–Crippen LogP) is 2.41. The van der Waals surface area contributed by atoms with Crippen molar-refractivity contribution in [2.75, 3.05) is 0 Å². The molecule has 0 aliphatic heterocycles. The van der Waals surface area contributed by atoms with E-state index < -0.39 is 35.4 Å². The van der Waals surface area contributed by atoms with E-state index in [1.54, 1.807) is 20.8 Å². The Hall–Kier alpha value is -2.37. The fraction of sp³-hybridized carbons (Fsp3) is 0.471. The van der Waals surface area contributed by atoms with Crippen LogP contribution in [0.25, 0.3) is 0 Å². The lowest BCUT2D eigenvalue weighted by molar-refractivity contribution is -0.146. The van der Waals surface area contributed by atoms with Gasteiger partial charge in [0.1, 0.15) is 11.5 Å². The number of nitrogens with one attached hydrogen (secondary N) is 1. The summed E-state index contributed by atoms with van der Waals surface area (Å²) in [5.41, 5.74) is 0.113. The number of benzene rings is 1. The Morgan fingerprint density at radius 3 is 2.22 bits per heavy atom. The quantitative estimate of drug-likeness (QED) is 0.785. The van der Waals surface area contributed by atoms with Crippen LogP contribution < -0.4 is 5.32 Å². The van der Waals surface area contributed by atoms with Crippen LogP contribution in [-0.4, -0.2) is 34.6 Å². The fourth-order valence-electron chi connectivity index (χ4n) is 1.95. The number of carbonyl (C=O) groups excluding carboxylic acids is 2. The molecule has 1 rings (SSSR count). The zero-order chi connectivity index (χ0) is 17.6. The maximum Gasteiger partial charge on any atom is 0.408 e. The number of aliphatic carboxylic acids is 1. The van der Waals surface area contributed by atoms with E-state index >= 15 is 0 Å². The van der Waals surface area contributed by atoms with Gasteiger partial charge in [-0.1, -0.05) is 30.3 Å². The topological polar surface area (TPSA) is 92.7 Å². The van der Waals surface area contributed by atoms with E-state index in [0.29, 0.717) is 0 Å². The van der Waals surface area contributed by atoms with Crippen molar-refractivity contribution in [2.24, 2.45) is 5.92 Å². The maximum absolute atomic E-state index is 12.3. The highest BCUT2D eigenvalue weighted by Crippen LogP contribution is 2.11. The van der Waals surface area contributed by atoms with Gasteiger partial charge < -0.3 is 15.2 Å². The standard InChI is InChI=1S/C17H23NO5/c1-11(15(20)21)14(19)13(10-12-8-6-5-7-9-12)18-16(22)23-17(2,3)4/h5-9,11,13H,10H2,1-4H3,(H,18,22)(H,20,21)/t11?,13-/m0/s1.